The minimum Gasteiger partial charge on any atom is -0.497 e. The summed E-state index contributed by atoms with van der Waals surface area (Å²) in [6.45, 7) is 2.91. The van der Waals surface area contributed by atoms with Crippen LogP contribution in [0.25, 0.3) is 16.9 Å². The first-order chi connectivity index (χ1) is 16.6. The van der Waals surface area contributed by atoms with Gasteiger partial charge in [-0.2, -0.15) is 5.10 Å². The van der Waals surface area contributed by atoms with Crippen molar-refractivity contribution in [2.24, 2.45) is 5.92 Å². The lowest BCUT2D eigenvalue weighted by atomic mass is 9.94. The molecule has 0 atom stereocenters. The number of methoxy groups -OCH3 is 1. The molecule has 34 heavy (non-hydrogen) atoms. The molecule has 0 saturated carbocycles. The Morgan fingerprint density at radius 2 is 1.65 bits per heavy atom. The summed E-state index contributed by atoms with van der Waals surface area (Å²) in [7, 11) is 1.63. The number of likely N-dealkylation sites (tertiary alicyclic amines) is 2. The van der Waals surface area contributed by atoms with E-state index in [0.29, 0.717) is 42.9 Å². The average Bonchev–Trinajstić information content (AvgIpc) is 3.59. The molecule has 2 aromatic carbocycles. The highest BCUT2D eigenvalue weighted by Gasteiger charge is 2.32. The zero-order chi connectivity index (χ0) is 23.5. The third-order valence-electron chi connectivity index (χ3n) is 6.86. The monoisotopic (exact) mass is 458 g/mol. The largest absolute Gasteiger partial charge is 0.497 e. The molecule has 7 nitrogen and oxygen atoms in total. The van der Waals surface area contributed by atoms with E-state index in [1.54, 1.807) is 11.8 Å². The zero-order valence-corrected chi connectivity index (χ0v) is 19.5. The molecule has 5 rings (SSSR count). The lowest BCUT2D eigenvalue weighted by Crippen LogP contribution is -2.43. The normalized spacial score (nSPS) is 16.6. The minimum absolute atomic E-state index is 0.0204. The van der Waals surface area contributed by atoms with Gasteiger partial charge < -0.3 is 14.5 Å². The highest BCUT2D eigenvalue weighted by Crippen LogP contribution is 2.29. The summed E-state index contributed by atoms with van der Waals surface area (Å²) in [5.74, 6) is 0.948. The van der Waals surface area contributed by atoms with Crippen LogP contribution in [0.2, 0.25) is 0 Å². The van der Waals surface area contributed by atoms with Crippen LogP contribution in [0.15, 0.2) is 60.8 Å². The molecule has 2 aliphatic rings. The molecular weight excluding hydrogens is 428 g/mol. The molecule has 0 radical (unpaired) electrons. The third kappa shape index (κ3) is 4.42. The lowest BCUT2D eigenvalue weighted by molar-refractivity contribution is -0.135. The van der Waals surface area contributed by atoms with Crippen LogP contribution in [0.4, 0.5) is 0 Å². The van der Waals surface area contributed by atoms with Crippen LogP contribution in [0.1, 0.15) is 36.0 Å². The van der Waals surface area contributed by atoms with Crippen LogP contribution in [0.5, 0.6) is 5.75 Å². The predicted octanol–water partition coefficient (Wildman–Crippen LogP) is 4.02. The van der Waals surface area contributed by atoms with Gasteiger partial charge in [0.2, 0.25) is 5.91 Å². The van der Waals surface area contributed by atoms with E-state index in [1.807, 2.05) is 70.6 Å². The van der Waals surface area contributed by atoms with Gasteiger partial charge >= 0.3 is 0 Å². The topological polar surface area (TPSA) is 67.7 Å². The number of amides is 2. The number of carbonyl (C=O) groups excluding carboxylic acids is 2. The first kappa shape index (κ1) is 22.2. The number of hydrogen-bond acceptors (Lipinski definition) is 4. The van der Waals surface area contributed by atoms with Crippen LogP contribution in [0.3, 0.4) is 0 Å². The fourth-order valence-electron chi connectivity index (χ4n) is 4.92. The van der Waals surface area contributed by atoms with Gasteiger partial charge in [-0.25, -0.2) is 4.68 Å². The van der Waals surface area contributed by atoms with E-state index < -0.39 is 0 Å². The summed E-state index contributed by atoms with van der Waals surface area (Å²) >= 11 is 0. The first-order valence-electron chi connectivity index (χ1n) is 12.0. The Balaban J connectivity index is 1.40. The van der Waals surface area contributed by atoms with Crippen molar-refractivity contribution < 1.29 is 14.3 Å². The third-order valence-corrected chi connectivity index (χ3v) is 6.86. The van der Waals surface area contributed by atoms with Crippen molar-refractivity contribution >= 4 is 11.8 Å². The van der Waals surface area contributed by atoms with Crippen molar-refractivity contribution in [2.75, 3.05) is 33.3 Å². The number of nitrogens with zero attached hydrogens (tertiary/aromatic N) is 4. The van der Waals surface area contributed by atoms with Gasteiger partial charge in [0.1, 0.15) is 11.4 Å². The minimum atomic E-state index is -0.0490. The molecule has 176 valence electrons. The predicted molar refractivity (Wildman–Crippen MR) is 130 cm³/mol. The van der Waals surface area contributed by atoms with Gasteiger partial charge in [-0.1, -0.05) is 30.3 Å². The van der Waals surface area contributed by atoms with Gasteiger partial charge in [0, 0.05) is 43.9 Å². The second kappa shape index (κ2) is 9.71. The summed E-state index contributed by atoms with van der Waals surface area (Å²) in [6.07, 6.45) is 5.43. The average molecular weight is 459 g/mol. The Bertz CT molecular complexity index is 1160. The summed E-state index contributed by atoms with van der Waals surface area (Å²) in [5, 5.41) is 4.79. The molecule has 0 spiro atoms. The molecule has 2 saturated heterocycles. The molecule has 7 heteroatoms. The fraction of sp³-hybridized carbons (Fsp3) is 0.370. The van der Waals surface area contributed by atoms with E-state index in [0.717, 1.165) is 37.2 Å². The maximum absolute atomic E-state index is 13.7. The molecule has 3 heterocycles. The Hall–Kier alpha value is -3.61. The summed E-state index contributed by atoms with van der Waals surface area (Å²) in [5.41, 5.74) is 2.90. The Morgan fingerprint density at radius 3 is 2.35 bits per heavy atom. The van der Waals surface area contributed by atoms with E-state index in [-0.39, 0.29) is 17.7 Å². The van der Waals surface area contributed by atoms with Crippen LogP contribution in [0, 0.1) is 5.92 Å². The van der Waals surface area contributed by atoms with Gasteiger partial charge in [0.15, 0.2) is 0 Å². The number of piperidine rings is 1. The van der Waals surface area contributed by atoms with Crippen molar-refractivity contribution in [3.05, 3.63) is 66.4 Å². The lowest BCUT2D eigenvalue weighted by Gasteiger charge is -2.33. The number of carbonyl (C=O) groups is 2. The number of ether oxygens (including phenoxy) is 1. The van der Waals surface area contributed by atoms with Crippen molar-refractivity contribution in [2.45, 2.75) is 25.7 Å². The summed E-state index contributed by atoms with van der Waals surface area (Å²) < 4.78 is 7.15. The van der Waals surface area contributed by atoms with Gasteiger partial charge in [-0.3, -0.25) is 9.59 Å². The van der Waals surface area contributed by atoms with E-state index in [2.05, 4.69) is 0 Å². The molecule has 2 aliphatic heterocycles. The number of hydrogen-bond donors (Lipinski definition) is 0. The highest BCUT2D eigenvalue weighted by atomic mass is 16.5. The molecule has 3 aromatic rings. The molecule has 0 bridgehead atoms. The molecule has 0 aliphatic carbocycles. The van der Waals surface area contributed by atoms with Crippen molar-refractivity contribution in [3.63, 3.8) is 0 Å². The summed E-state index contributed by atoms with van der Waals surface area (Å²) in [6, 6.07) is 17.4. The van der Waals surface area contributed by atoms with Crippen molar-refractivity contribution in [3.8, 4) is 22.7 Å². The molecule has 1 aromatic heterocycles. The molecule has 2 fully saturated rings. The van der Waals surface area contributed by atoms with Gasteiger partial charge in [-0.05, 0) is 49.9 Å². The standard InChI is InChI=1S/C27H30N4O3/c1-34-23-11-7-8-21(18-23)25-24(19-31(28-25)22-9-3-2-4-10-22)27(33)30-16-12-20(13-17-30)26(32)29-14-5-6-15-29/h2-4,7-11,18-20H,5-6,12-17H2,1H3. The first-order valence-corrected chi connectivity index (χ1v) is 12.0. The molecular formula is C27H30N4O3. The highest BCUT2D eigenvalue weighted by molar-refractivity contribution is 6.00. The van der Waals surface area contributed by atoms with Crippen LogP contribution in [-0.4, -0.2) is 64.7 Å². The maximum atomic E-state index is 13.7. The number of rotatable bonds is 5. The van der Waals surface area contributed by atoms with E-state index in [4.69, 9.17) is 9.84 Å². The Morgan fingerprint density at radius 1 is 0.912 bits per heavy atom. The van der Waals surface area contributed by atoms with Crippen molar-refractivity contribution in [1.82, 2.24) is 19.6 Å². The van der Waals surface area contributed by atoms with Gasteiger partial charge in [-0.15, -0.1) is 0 Å². The fourth-order valence-corrected chi connectivity index (χ4v) is 4.92. The summed E-state index contributed by atoms with van der Waals surface area (Å²) in [4.78, 5) is 30.3. The SMILES string of the molecule is COc1cccc(-c2nn(-c3ccccc3)cc2C(=O)N2CCC(C(=O)N3CCCC3)CC2)c1. The van der Waals surface area contributed by atoms with Crippen LogP contribution >= 0.6 is 0 Å². The van der Waals surface area contributed by atoms with Crippen LogP contribution in [-0.2, 0) is 4.79 Å². The molecule has 0 unspecified atom stereocenters. The Kier molecular flexibility index (Phi) is 6.34. The van der Waals surface area contributed by atoms with Crippen LogP contribution < -0.4 is 4.74 Å². The number of para-hydroxylation sites is 1. The van der Waals surface area contributed by atoms with E-state index in [1.165, 1.54) is 0 Å². The van der Waals surface area contributed by atoms with Crippen molar-refractivity contribution in [1.29, 1.82) is 0 Å². The number of aromatic nitrogens is 2. The van der Waals surface area contributed by atoms with E-state index >= 15 is 0 Å². The Labute approximate surface area is 199 Å². The smallest absolute Gasteiger partial charge is 0.257 e. The molecule has 0 N–H and O–H groups in total. The zero-order valence-electron chi connectivity index (χ0n) is 19.5. The van der Waals surface area contributed by atoms with Gasteiger partial charge in [0.25, 0.3) is 5.91 Å². The second-order valence-electron chi connectivity index (χ2n) is 9.00. The quantitative estimate of drug-likeness (QED) is 0.579. The number of benzene rings is 2. The molecule has 2 amide bonds. The maximum Gasteiger partial charge on any atom is 0.257 e. The second-order valence-corrected chi connectivity index (χ2v) is 9.00. The van der Waals surface area contributed by atoms with E-state index in [9.17, 15) is 9.59 Å². The van der Waals surface area contributed by atoms with Gasteiger partial charge in [0.05, 0.1) is 18.4 Å².